The average molecular weight is 269 g/mol. The van der Waals surface area contributed by atoms with Gasteiger partial charge in [0.1, 0.15) is 29.9 Å². The van der Waals surface area contributed by atoms with Crippen LogP contribution >= 0.6 is 0 Å². The molecule has 2 aromatic rings. The van der Waals surface area contributed by atoms with Gasteiger partial charge in [-0.05, 0) is 42.0 Å². The third kappa shape index (κ3) is 3.21. The first-order chi connectivity index (χ1) is 9.76. The number of hydrogen-bond acceptors (Lipinski definition) is 4. The summed E-state index contributed by atoms with van der Waals surface area (Å²) < 4.78 is 15.9. The first kappa shape index (κ1) is 13.8. The quantitative estimate of drug-likeness (QED) is 0.836. The van der Waals surface area contributed by atoms with Crippen LogP contribution in [-0.2, 0) is 6.61 Å². The summed E-state index contributed by atoms with van der Waals surface area (Å²) in [6, 6.07) is 14.8. The number of nitrogens with zero attached hydrogens (tertiary/aromatic N) is 1. The first-order valence-electron chi connectivity index (χ1n) is 6.10. The molecule has 0 spiro atoms. The number of nitriles is 1. The molecule has 0 atom stereocenters. The smallest absolute Gasteiger partial charge is 0.137 e. The summed E-state index contributed by atoms with van der Waals surface area (Å²) in [4.78, 5) is 0. The highest BCUT2D eigenvalue weighted by Crippen LogP contribution is 2.22. The molecule has 2 aromatic carbocycles. The van der Waals surface area contributed by atoms with E-state index in [1.165, 1.54) is 0 Å². The molecule has 0 saturated carbocycles. The summed E-state index contributed by atoms with van der Waals surface area (Å²) in [6.07, 6.45) is 0. The van der Waals surface area contributed by atoms with E-state index in [1.54, 1.807) is 20.3 Å². The summed E-state index contributed by atoms with van der Waals surface area (Å²) in [5, 5.41) is 8.92. The molecule has 2 rings (SSSR count). The molecule has 0 heterocycles. The van der Waals surface area contributed by atoms with Crippen molar-refractivity contribution < 1.29 is 14.2 Å². The van der Waals surface area contributed by atoms with Crippen molar-refractivity contribution in [2.45, 2.75) is 6.61 Å². The highest BCUT2D eigenvalue weighted by Gasteiger charge is 2.04. The summed E-state index contributed by atoms with van der Waals surface area (Å²) >= 11 is 0. The predicted molar refractivity (Wildman–Crippen MR) is 75.0 cm³/mol. The van der Waals surface area contributed by atoms with Crippen LogP contribution in [0.3, 0.4) is 0 Å². The van der Waals surface area contributed by atoms with Crippen molar-refractivity contribution in [3.63, 3.8) is 0 Å². The maximum atomic E-state index is 8.92. The van der Waals surface area contributed by atoms with Gasteiger partial charge in [-0.25, -0.2) is 0 Å². The van der Waals surface area contributed by atoms with E-state index in [0.29, 0.717) is 17.9 Å². The standard InChI is InChI=1S/C16H15NO3/c1-18-14-5-7-15(8-6-14)20-11-12-3-4-13(10-17)16(9-12)19-2/h3-9H,11H2,1-2H3. The van der Waals surface area contributed by atoms with E-state index < -0.39 is 0 Å². The van der Waals surface area contributed by atoms with Crippen LogP contribution in [0.15, 0.2) is 42.5 Å². The van der Waals surface area contributed by atoms with Gasteiger partial charge >= 0.3 is 0 Å². The topological polar surface area (TPSA) is 51.5 Å². The molecule has 0 N–H and O–H groups in total. The van der Waals surface area contributed by atoms with Gasteiger partial charge < -0.3 is 14.2 Å². The Morgan fingerprint density at radius 2 is 1.65 bits per heavy atom. The van der Waals surface area contributed by atoms with Crippen molar-refractivity contribution in [2.24, 2.45) is 0 Å². The van der Waals surface area contributed by atoms with Crippen LogP contribution in [0, 0.1) is 11.3 Å². The van der Waals surface area contributed by atoms with Crippen molar-refractivity contribution >= 4 is 0 Å². The second-order valence-corrected chi connectivity index (χ2v) is 4.11. The molecule has 102 valence electrons. The van der Waals surface area contributed by atoms with Crippen LogP contribution in [0.5, 0.6) is 17.2 Å². The fraction of sp³-hybridized carbons (Fsp3) is 0.188. The van der Waals surface area contributed by atoms with E-state index in [-0.39, 0.29) is 0 Å². The lowest BCUT2D eigenvalue weighted by Crippen LogP contribution is -1.97. The highest BCUT2D eigenvalue weighted by atomic mass is 16.5. The molecule has 0 radical (unpaired) electrons. The van der Waals surface area contributed by atoms with Gasteiger partial charge in [0.15, 0.2) is 0 Å². The van der Waals surface area contributed by atoms with Crippen molar-refractivity contribution in [1.82, 2.24) is 0 Å². The Hall–Kier alpha value is -2.67. The first-order valence-corrected chi connectivity index (χ1v) is 6.10. The van der Waals surface area contributed by atoms with E-state index >= 15 is 0 Å². The third-order valence-corrected chi connectivity index (χ3v) is 2.85. The number of ether oxygens (including phenoxy) is 3. The molecule has 0 unspecified atom stereocenters. The lowest BCUT2D eigenvalue weighted by Gasteiger charge is -2.09. The van der Waals surface area contributed by atoms with Crippen molar-refractivity contribution in [2.75, 3.05) is 14.2 Å². The molecule has 4 nitrogen and oxygen atoms in total. The van der Waals surface area contributed by atoms with Crippen LogP contribution in [0.25, 0.3) is 0 Å². The molecule has 0 aliphatic carbocycles. The van der Waals surface area contributed by atoms with E-state index in [9.17, 15) is 0 Å². The zero-order valence-electron chi connectivity index (χ0n) is 11.4. The monoisotopic (exact) mass is 269 g/mol. The van der Waals surface area contributed by atoms with Gasteiger partial charge in [-0.1, -0.05) is 6.07 Å². The number of rotatable bonds is 5. The highest BCUT2D eigenvalue weighted by molar-refractivity contribution is 5.45. The third-order valence-electron chi connectivity index (χ3n) is 2.85. The maximum Gasteiger partial charge on any atom is 0.137 e. The van der Waals surface area contributed by atoms with Crippen LogP contribution in [0.4, 0.5) is 0 Å². The zero-order chi connectivity index (χ0) is 14.4. The molecule has 4 heteroatoms. The molecule has 20 heavy (non-hydrogen) atoms. The van der Waals surface area contributed by atoms with Crippen LogP contribution < -0.4 is 14.2 Å². The molecule has 0 bridgehead atoms. The molecule has 0 amide bonds. The van der Waals surface area contributed by atoms with Gasteiger partial charge in [0.05, 0.1) is 19.8 Å². The van der Waals surface area contributed by atoms with Crippen molar-refractivity contribution in [3.8, 4) is 23.3 Å². The summed E-state index contributed by atoms with van der Waals surface area (Å²) in [5.41, 5.74) is 1.46. The van der Waals surface area contributed by atoms with Crippen molar-refractivity contribution in [1.29, 1.82) is 5.26 Å². The van der Waals surface area contributed by atoms with Crippen LogP contribution in [-0.4, -0.2) is 14.2 Å². The minimum Gasteiger partial charge on any atom is -0.497 e. The second-order valence-electron chi connectivity index (χ2n) is 4.11. The summed E-state index contributed by atoms with van der Waals surface area (Å²) in [7, 11) is 3.17. The summed E-state index contributed by atoms with van der Waals surface area (Å²) in [5.74, 6) is 2.11. The van der Waals surface area contributed by atoms with Crippen LogP contribution in [0.1, 0.15) is 11.1 Å². The van der Waals surface area contributed by atoms with Crippen LogP contribution in [0.2, 0.25) is 0 Å². The largest absolute Gasteiger partial charge is 0.497 e. The van der Waals surface area contributed by atoms with Gasteiger partial charge in [-0.3, -0.25) is 0 Å². The minimum atomic E-state index is 0.411. The molecule has 0 aliphatic heterocycles. The van der Waals surface area contributed by atoms with Gasteiger partial charge in [-0.15, -0.1) is 0 Å². The molecular weight excluding hydrogens is 254 g/mol. The Morgan fingerprint density at radius 3 is 2.25 bits per heavy atom. The lowest BCUT2D eigenvalue weighted by atomic mass is 10.1. The number of benzene rings is 2. The number of hydrogen-bond donors (Lipinski definition) is 0. The molecule has 0 aromatic heterocycles. The fourth-order valence-corrected chi connectivity index (χ4v) is 1.76. The Morgan fingerprint density at radius 1 is 0.950 bits per heavy atom. The Labute approximate surface area is 118 Å². The maximum absolute atomic E-state index is 8.92. The van der Waals surface area contributed by atoms with Gasteiger partial charge in [0.2, 0.25) is 0 Å². The molecule has 0 aliphatic rings. The zero-order valence-corrected chi connectivity index (χ0v) is 11.4. The summed E-state index contributed by atoms with van der Waals surface area (Å²) in [6.45, 7) is 0.411. The Balaban J connectivity index is 2.05. The second kappa shape index (κ2) is 6.48. The average Bonchev–Trinajstić information content (AvgIpc) is 2.53. The Bertz CT molecular complexity index is 615. The minimum absolute atomic E-state index is 0.411. The lowest BCUT2D eigenvalue weighted by molar-refractivity contribution is 0.304. The van der Waals surface area contributed by atoms with E-state index in [2.05, 4.69) is 6.07 Å². The Kier molecular flexibility index (Phi) is 4.46. The fourth-order valence-electron chi connectivity index (χ4n) is 1.76. The van der Waals surface area contributed by atoms with Crippen molar-refractivity contribution in [3.05, 3.63) is 53.6 Å². The molecule has 0 fully saturated rings. The van der Waals surface area contributed by atoms with E-state index in [0.717, 1.165) is 17.1 Å². The number of methoxy groups -OCH3 is 2. The predicted octanol–water partition coefficient (Wildman–Crippen LogP) is 3.15. The SMILES string of the molecule is COc1ccc(OCc2ccc(C#N)c(OC)c2)cc1. The van der Waals surface area contributed by atoms with E-state index in [4.69, 9.17) is 19.5 Å². The van der Waals surface area contributed by atoms with Gasteiger partial charge in [-0.2, -0.15) is 5.26 Å². The molecular formula is C16H15NO3. The van der Waals surface area contributed by atoms with Gasteiger partial charge in [0, 0.05) is 0 Å². The van der Waals surface area contributed by atoms with E-state index in [1.807, 2.05) is 36.4 Å². The normalized spacial score (nSPS) is 9.65. The van der Waals surface area contributed by atoms with Gasteiger partial charge in [0.25, 0.3) is 0 Å². The molecule has 0 saturated heterocycles.